The number of amides is 2. The highest BCUT2D eigenvalue weighted by Crippen LogP contribution is 2.20. The number of anilines is 1. The summed E-state index contributed by atoms with van der Waals surface area (Å²) < 4.78 is 32.5. The first kappa shape index (κ1) is 22.7. The number of nitrogens with one attached hydrogen (secondary N) is 1. The number of hydrogen-bond donors (Lipinski definition) is 2. The molecular formula is C21H26N4O5S. The number of piperazine rings is 1. The predicted octanol–water partition coefficient (Wildman–Crippen LogP) is 1.13. The van der Waals surface area contributed by atoms with E-state index in [0.29, 0.717) is 37.6 Å². The minimum Gasteiger partial charge on any atom is -0.484 e. The molecule has 9 nitrogen and oxygen atoms in total. The van der Waals surface area contributed by atoms with Crippen molar-refractivity contribution in [3.8, 4) is 5.75 Å². The lowest BCUT2D eigenvalue weighted by atomic mass is 10.2. The molecule has 0 spiro atoms. The second-order valence-corrected chi connectivity index (χ2v) is 9.03. The third-order valence-electron chi connectivity index (χ3n) is 5.04. The molecule has 2 amide bonds. The molecule has 1 aliphatic rings. The van der Waals surface area contributed by atoms with Gasteiger partial charge in [-0.15, -0.1) is 0 Å². The van der Waals surface area contributed by atoms with Crippen molar-refractivity contribution in [2.75, 3.05) is 44.6 Å². The smallest absolute Gasteiger partial charge is 0.262 e. The van der Waals surface area contributed by atoms with Crippen molar-refractivity contribution in [1.29, 1.82) is 0 Å². The average Bonchev–Trinajstić information content (AvgIpc) is 2.78. The quantitative estimate of drug-likeness (QED) is 0.627. The Kier molecular flexibility index (Phi) is 7.26. The zero-order chi connectivity index (χ0) is 22.4. The van der Waals surface area contributed by atoms with Crippen LogP contribution in [0.15, 0.2) is 53.4 Å². The second kappa shape index (κ2) is 9.90. The Bertz CT molecular complexity index is 1030. The van der Waals surface area contributed by atoms with Crippen LogP contribution in [0, 0.1) is 0 Å². The zero-order valence-corrected chi connectivity index (χ0v) is 18.1. The molecule has 0 aliphatic carbocycles. The zero-order valence-electron chi connectivity index (χ0n) is 17.3. The standard InChI is InChI=1S/C21H26N4O5S/c1-2-24-10-12-25(13-11-24)31(28,29)19-8-6-17(7-9-19)23-20(26)15-30-18-5-3-4-16(14-18)21(22)27/h3-9,14H,2,10-13,15H2,1H3,(H2,22,27)(H,23,26). The van der Waals surface area contributed by atoms with Crippen LogP contribution in [0.25, 0.3) is 0 Å². The Morgan fingerprint density at radius 3 is 2.35 bits per heavy atom. The Hall–Kier alpha value is -2.95. The Morgan fingerprint density at radius 2 is 1.74 bits per heavy atom. The van der Waals surface area contributed by atoms with Crippen molar-refractivity contribution in [3.63, 3.8) is 0 Å². The van der Waals surface area contributed by atoms with Crippen molar-refractivity contribution in [2.24, 2.45) is 5.73 Å². The number of benzene rings is 2. The average molecular weight is 447 g/mol. The van der Waals surface area contributed by atoms with Crippen LogP contribution in [0.4, 0.5) is 5.69 Å². The molecule has 0 bridgehead atoms. The number of primary amides is 1. The number of nitrogens with zero attached hydrogens (tertiary/aromatic N) is 2. The topological polar surface area (TPSA) is 122 Å². The van der Waals surface area contributed by atoms with Crippen molar-refractivity contribution in [1.82, 2.24) is 9.21 Å². The number of sulfonamides is 1. The first-order valence-electron chi connectivity index (χ1n) is 9.94. The molecule has 31 heavy (non-hydrogen) atoms. The Balaban J connectivity index is 1.56. The van der Waals surface area contributed by atoms with Gasteiger partial charge in [-0.05, 0) is 49.0 Å². The van der Waals surface area contributed by atoms with Gasteiger partial charge in [-0.3, -0.25) is 9.59 Å². The van der Waals surface area contributed by atoms with Crippen LogP contribution in [0.5, 0.6) is 5.75 Å². The molecule has 0 unspecified atom stereocenters. The summed E-state index contributed by atoms with van der Waals surface area (Å²) in [6.45, 7) is 5.04. The van der Waals surface area contributed by atoms with Crippen molar-refractivity contribution < 1.29 is 22.7 Å². The number of hydrogen-bond acceptors (Lipinski definition) is 6. The van der Waals surface area contributed by atoms with E-state index in [1.54, 1.807) is 30.3 Å². The van der Waals surface area contributed by atoms with Gasteiger partial charge in [0.05, 0.1) is 4.90 Å². The lowest BCUT2D eigenvalue weighted by Crippen LogP contribution is -2.48. The van der Waals surface area contributed by atoms with E-state index in [0.717, 1.165) is 6.54 Å². The van der Waals surface area contributed by atoms with Gasteiger partial charge in [-0.25, -0.2) is 8.42 Å². The number of ether oxygens (including phenoxy) is 1. The number of carbonyl (C=O) groups excluding carboxylic acids is 2. The summed E-state index contributed by atoms with van der Waals surface area (Å²) in [5.74, 6) is -0.663. The van der Waals surface area contributed by atoms with Gasteiger partial charge in [0.25, 0.3) is 5.91 Å². The highest BCUT2D eigenvalue weighted by atomic mass is 32.2. The van der Waals surface area contributed by atoms with Gasteiger partial charge in [0.1, 0.15) is 5.75 Å². The number of likely N-dealkylation sites (N-methyl/N-ethyl adjacent to an activating group) is 1. The van der Waals surface area contributed by atoms with Crippen LogP contribution in [-0.4, -0.2) is 68.8 Å². The van der Waals surface area contributed by atoms with Gasteiger partial charge in [0, 0.05) is 37.4 Å². The molecule has 10 heteroatoms. The van der Waals surface area contributed by atoms with Crippen LogP contribution >= 0.6 is 0 Å². The first-order chi connectivity index (χ1) is 14.8. The third-order valence-corrected chi connectivity index (χ3v) is 6.96. The van der Waals surface area contributed by atoms with Crippen LogP contribution in [0.3, 0.4) is 0 Å². The van der Waals surface area contributed by atoms with Crippen LogP contribution in [-0.2, 0) is 14.8 Å². The molecule has 3 rings (SSSR count). The molecular weight excluding hydrogens is 420 g/mol. The molecule has 1 fully saturated rings. The monoisotopic (exact) mass is 446 g/mol. The minimum atomic E-state index is -3.56. The van der Waals surface area contributed by atoms with E-state index in [1.165, 1.54) is 22.5 Å². The molecule has 0 aromatic heterocycles. The molecule has 1 aliphatic heterocycles. The van der Waals surface area contributed by atoms with Gasteiger partial charge in [-0.1, -0.05) is 13.0 Å². The minimum absolute atomic E-state index is 0.190. The summed E-state index contributed by atoms with van der Waals surface area (Å²) in [5, 5.41) is 2.65. The van der Waals surface area contributed by atoms with Crippen LogP contribution < -0.4 is 15.8 Å². The summed E-state index contributed by atoms with van der Waals surface area (Å²) in [6.07, 6.45) is 0. The SMILES string of the molecule is CCN1CCN(S(=O)(=O)c2ccc(NC(=O)COc3cccc(C(N)=O)c3)cc2)CC1. The summed E-state index contributed by atoms with van der Waals surface area (Å²) >= 11 is 0. The van der Waals surface area contributed by atoms with Crippen LogP contribution in [0.2, 0.25) is 0 Å². The van der Waals surface area contributed by atoms with Gasteiger partial charge in [0.2, 0.25) is 15.9 Å². The van der Waals surface area contributed by atoms with E-state index < -0.39 is 21.8 Å². The predicted molar refractivity (Wildman–Crippen MR) is 116 cm³/mol. The molecule has 0 atom stereocenters. The Morgan fingerprint density at radius 1 is 1.06 bits per heavy atom. The highest BCUT2D eigenvalue weighted by molar-refractivity contribution is 7.89. The number of rotatable bonds is 8. The van der Waals surface area contributed by atoms with Gasteiger partial charge in [0.15, 0.2) is 6.61 Å². The van der Waals surface area contributed by atoms with Crippen molar-refractivity contribution in [3.05, 3.63) is 54.1 Å². The normalized spacial score (nSPS) is 15.4. The molecule has 0 radical (unpaired) electrons. The van der Waals surface area contributed by atoms with E-state index >= 15 is 0 Å². The van der Waals surface area contributed by atoms with Crippen LogP contribution in [0.1, 0.15) is 17.3 Å². The molecule has 3 N–H and O–H groups in total. The number of nitrogens with two attached hydrogens (primary N) is 1. The highest BCUT2D eigenvalue weighted by Gasteiger charge is 2.27. The maximum absolute atomic E-state index is 12.8. The van der Waals surface area contributed by atoms with E-state index in [2.05, 4.69) is 17.1 Å². The fourth-order valence-corrected chi connectivity index (χ4v) is 4.65. The first-order valence-corrected chi connectivity index (χ1v) is 11.4. The molecule has 2 aromatic carbocycles. The van der Waals surface area contributed by atoms with E-state index in [9.17, 15) is 18.0 Å². The number of carbonyl (C=O) groups is 2. The van der Waals surface area contributed by atoms with Gasteiger partial charge in [-0.2, -0.15) is 4.31 Å². The fourth-order valence-electron chi connectivity index (χ4n) is 3.23. The summed E-state index contributed by atoms with van der Waals surface area (Å²) in [7, 11) is -3.56. The molecule has 1 saturated heterocycles. The van der Waals surface area contributed by atoms with Crippen molar-refractivity contribution >= 4 is 27.5 Å². The molecule has 166 valence electrons. The summed E-state index contributed by atoms with van der Waals surface area (Å²) in [4.78, 5) is 25.7. The van der Waals surface area contributed by atoms with E-state index in [-0.39, 0.29) is 17.1 Å². The molecule has 1 heterocycles. The summed E-state index contributed by atoms with van der Waals surface area (Å²) in [5.41, 5.74) is 5.96. The maximum Gasteiger partial charge on any atom is 0.262 e. The van der Waals surface area contributed by atoms with Crippen molar-refractivity contribution in [2.45, 2.75) is 11.8 Å². The van der Waals surface area contributed by atoms with Gasteiger partial charge < -0.3 is 20.7 Å². The summed E-state index contributed by atoms with van der Waals surface area (Å²) in [6, 6.07) is 12.3. The second-order valence-electron chi connectivity index (χ2n) is 7.09. The largest absolute Gasteiger partial charge is 0.484 e. The maximum atomic E-state index is 12.8. The van der Waals surface area contributed by atoms with E-state index in [4.69, 9.17) is 10.5 Å². The molecule has 0 saturated carbocycles. The van der Waals surface area contributed by atoms with E-state index in [1.807, 2.05) is 0 Å². The van der Waals surface area contributed by atoms with Gasteiger partial charge >= 0.3 is 0 Å². The lowest BCUT2D eigenvalue weighted by Gasteiger charge is -2.33. The lowest BCUT2D eigenvalue weighted by molar-refractivity contribution is -0.118. The third kappa shape index (κ3) is 5.81. The fraction of sp³-hybridized carbons (Fsp3) is 0.333. The molecule has 2 aromatic rings. The Labute approximate surface area is 181 Å².